The van der Waals surface area contributed by atoms with Crippen LogP contribution in [0.25, 0.3) is 0 Å². The van der Waals surface area contributed by atoms with Crippen LogP contribution in [0.4, 0.5) is 0 Å². The van der Waals surface area contributed by atoms with E-state index in [-0.39, 0.29) is 5.60 Å². The molecule has 0 heterocycles. The van der Waals surface area contributed by atoms with Crippen LogP contribution in [0.5, 0.6) is 0 Å². The summed E-state index contributed by atoms with van der Waals surface area (Å²) in [5.41, 5.74) is -0.172. The zero-order valence-corrected chi connectivity index (χ0v) is 6.90. The van der Waals surface area contributed by atoms with Crippen LogP contribution in [-0.2, 0) is 4.74 Å². The maximum atomic E-state index is 5.42. The molecule has 0 bridgehead atoms. The highest BCUT2D eigenvalue weighted by Crippen LogP contribution is 2.08. The van der Waals surface area contributed by atoms with Gasteiger partial charge < -0.3 is 4.74 Å². The van der Waals surface area contributed by atoms with Gasteiger partial charge in [0.25, 0.3) is 0 Å². The minimum Gasteiger partial charge on any atom is -0.375 e. The van der Waals surface area contributed by atoms with E-state index in [0.29, 0.717) is 5.88 Å². The highest BCUT2D eigenvalue weighted by Gasteiger charge is 2.09. The Balaban J connectivity index is 3.70. The van der Waals surface area contributed by atoms with Crippen LogP contribution in [0.15, 0.2) is 12.2 Å². The number of hydrogen-bond acceptors (Lipinski definition) is 1. The predicted octanol–water partition coefficient (Wildman–Crippen LogP) is 2.21. The third kappa shape index (κ3) is 4.49. The molecule has 0 spiro atoms. The summed E-state index contributed by atoms with van der Waals surface area (Å²) < 4.78 is 5.09. The maximum Gasteiger partial charge on any atom is 0.0803 e. The summed E-state index contributed by atoms with van der Waals surface area (Å²) in [4.78, 5) is 0. The van der Waals surface area contributed by atoms with Crippen LogP contribution in [-0.4, -0.2) is 18.6 Å². The number of hydrogen-bond donors (Lipinski definition) is 0. The van der Waals surface area contributed by atoms with E-state index < -0.39 is 0 Å². The second-order valence-corrected chi connectivity index (χ2v) is 2.67. The first-order valence-corrected chi connectivity index (χ1v) is 3.44. The largest absolute Gasteiger partial charge is 0.375 e. The molecule has 0 amide bonds. The number of ether oxygens (including phenoxy) is 1. The molecule has 2 heteroatoms. The van der Waals surface area contributed by atoms with E-state index in [1.165, 1.54) is 0 Å². The predicted molar refractivity (Wildman–Crippen MR) is 40.9 cm³/mol. The standard InChI is InChI=1S/C7H13ClO/c1-7(2,9-3)5-4-6-8/h4-5H,6H2,1-3H3/b5-4+. The van der Waals surface area contributed by atoms with Gasteiger partial charge in [0.05, 0.1) is 5.60 Å². The van der Waals surface area contributed by atoms with Crippen molar-refractivity contribution in [3.63, 3.8) is 0 Å². The van der Waals surface area contributed by atoms with Gasteiger partial charge in [-0.3, -0.25) is 0 Å². The van der Waals surface area contributed by atoms with Crippen molar-refractivity contribution >= 4 is 11.6 Å². The van der Waals surface area contributed by atoms with Gasteiger partial charge in [-0.2, -0.15) is 0 Å². The van der Waals surface area contributed by atoms with E-state index in [4.69, 9.17) is 16.3 Å². The molecular weight excluding hydrogens is 136 g/mol. The number of allylic oxidation sites excluding steroid dienone is 1. The summed E-state index contributed by atoms with van der Waals surface area (Å²) >= 11 is 5.42. The summed E-state index contributed by atoms with van der Waals surface area (Å²) in [7, 11) is 1.68. The Kier molecular flexibility index (Phi) is 3.91. The Bertz CT molecular complexity index is 97.1. The zero-order valence-electron chi connectivity index (χ0n) is 6.15. The summed E-state index contributed by atoms with van der Waals surface area (Å²) in [6.45, 7) is 3.96. The smallest absolute Gasteiger partial charge is 0.0803 e. The average Bonchev–Trinajstić information content (AvgIpc) is 1.84. The molecule has 0 radical (unpaired) electrons. The van der Waals surface area contributed by atoms with Crippen molar-refractivity contribution < 1.29 is 4.74 Å². The molecule has 1 nitrogen and oxygen atoms in total. The van der Waals surface area contributed by atoms with E-state index in [0.717, 1.165) is 0 Å². The Morgan fingerprint density at radius 1 is 1.56 bits per heavy atom. The van der Waals surface area contributed by atoms with Crippen LogP contribution in [0.1, 0.15) is 13.8 Å². The van der Waals surface area contributed by atoms with Gasteiger partial charge >= 0.3 is 0 Å². The fourth-order valence-electron chi connectivity index (χ4n) is 0.396. The van der Waals surface area contributed by atoms with Gasteiger partial charge in [0.2, 0.25) is 0 Å². The van der Waals surface area contributed by atoms with Crippen molar-refractivity contribution in [1.82, 2.24) is 0 Å². The number of halogens is 1. The van der Waals surface area contributed by atoms with Gasteiger partial charge in [0.15, 0.2) is 0 Å². The molecule has 0 rings (SSSR count). The molecule has 0 aromatic carbocycles. The molecule has 0 aliphatic heterocycles. The van der Waals surface area contributed by atoms with Gasteiger partial charge in [-0.15, -0.1) is 11.6 Å². The minimum absolute atomic E-state index is 0.172. The van der Waals surface area contributed by atoms with E-state index in [1.807, 2.05) is 26.0 Å². The van der Waals surface area contributed by atoms with Crippen LogP contribution in [0, 0.1) is 0 Å². The Morgan fingerprint density at radius 2 is 2.11 bits per heavy atom. The number of alkyl halides is 1. The second-order valence-electron chi connectivity index (χ2n) is 2.36. The van der Waals surface area contributed by atoms with Crippen molar-refractivity contribution in [2.24, 2.45) is 0 Å². The highest BCUT2D eigenvalue weighted by molar-refractivity contribution is 6.18. The van der Waals surface area contributed by atoms with Crippen LogP contribution >= 0.6 is 11.6 Å². The first kappa shape index (κ1) is 8.99. The summed E-state index contributed by atoms with van der Waals surface area (Å²) in [5.74, 6) is 0.548. The van der Waals surface area contributed by atoms with Crippen molar-refractivity contribution in [1.29, 1.82) is 0 Å². The van der Waals surface area contributed by atoms with E-state index >= 15 is 0 Å². The quantitative estimate of drug-likeness (QED) is 0.441. The second kappa shape index (κ2) is 3.91. The molecule has 0 saturated heterocycles. The molecule has 54 valence electrons. The highest BCUT2D eigenvalue weighted by atomic mass is 35.5. The monoisotopic (exact) mass is 148 g/mol. The maximum absolute atomic E-state index is 5.42. The molecule has 0 aliphatic carbocycles. The van der Waals surface area contributed by atoms with Crippen LogP contribution < -0.4 is 0 Å². The van der Waals surface area contributed by atoms with Gasteiger partial charge in [-0.05, 0) is 13.8 Å². The lowest BCUT2D eigenvalue weighted by molar-refractivity contribution is 0.0655. The summed E-state index contributed by atoms with van der Waals surface area (Å²) in [6, 6.07) is 0. The molecule has 0 atom stereocenters. The minimum atomic E-state index is -0.172. The van der Waals surface area contributed by atoms with Gasteiger partial charge in [0.1, 0.15) is 0 Å². The Labute approximate surface area is 61.7 Å². The van der Waals surface area contributed by atoms with Gasteiger partial charge in [-0.25, -0.2) is 0 Å². The molecule has 0 aromatic rings. The molecule has 0 aromatic heterocycles. The normalized spacial score (nSPS) is 12.9. The number of rotatable bonds is 3. The van der Waals surface area contributed by atoms with Crippen molar-refractivity contribution in [2.45, 2.75) is 19.4 Å². The molecule has 0 N–H and O–H groups in total. The first-order valence-electron chi connectivity index (χ1n) is 2.91. The average molecular weight is 149 g/mol. The van der Waals surface area contributed by atoms with Gasteiger partial charge in [0, 0.05) is 13.0 Å². The van der Waals surface area contributed by atoms with Gasteiger partial charge in [-0.1, -0.05) is 12.2 Å². The van der Waals surface area contributed by atoms with Crippen molar-refractivity contribution in [3.05, 3.63) is 12.2 Å². The van der Waals surface area contributed by atoms with E-state index in [1.54, 1.807) is 7.11 Å². The Morgan fingerprint density at radius 3 is 2.44 bits per heavy atom. The molecule has 0 saturated carbocycles. The Hall–Kier alpha value is -0.0100. The third-order valence-electron chi connectivity index (χ3n) is 1.13. The fourth-order valence-corrected chi connectivity index (χ4v) is 0.485. The lowest BCUT2D eigenvalue weighted by Crippen LogP contribution is -2.18. The topological polar surface area (TPSA) is 9.23 Å². The number of methoxy groups -OCH3 is 1. The van der Waals surface area contributed by atoms with E-state index in [9.17, 15) is 0 Å². The molecule has 0 aliphatic rings. The first-order chi connectivity index (χ1) is 4.12. The van der Waals surface area contributed by atoms with Crippen LogP contribution in [0.3, 0.4) is 0 Å². The molecule has 9 heavy (non-hydrogen) atoms. The zero-order chi connectivity index (χ0) is 7.33. The lowest BCUT2D eigenvalue weighted by atomic mass is 10.1. The fraction of sp³-hybridized carbons (Fsp3) is 0.714. The molecule has 0 unspecified atom stereocenters. The van der Waals surface area contributed by atoms with Crippen molar-refractivity contribution in [3.8, 4) is 0 Å². The van der Waals surface area contributed by atoms with E-state index in [2.05, 4.69) is 0 Å². The third-order valence-corrected chi connectivity index (χ3v) is 1.31. The lowest BCUT2D eigenvalue weighted by Gasteiger charge is -2.17. The molecular formula is C7H13ClO. The summed E-state index contributed by atoms with van der Waals surface area (Å²) in [5, 5.41) is 0. The molecule has 0 fully saturated rings. The van der Waals surface area contributed by atoms with Crippen molar-refractivity contribution in [2.75, 3.05) is 13.0 Å². The van der Waals surface area contributed by atoms with Crippen LogP contribution in [0.2, 0.25) is 0 Å². The SMILES string of the molecule is COC(C)(C)/C=C/CCl. The summed E-state index contributed by atoms with van der Waals surface area (Å²) in [6.07, 6.45) is 3.82.